The van der Waals surface area contributed by atoms with Gasteiger partial charge in [-0.25, -0.2) is 0 Å². The maximum Gasteiger partial charge on any atom is 0.135 e. The van der Waals surface area contributed by atoms with Gasteiger partial charge in [0.05, 0.1) is 13.4 Å². The third kappa shape index (κ3) is 5.33. The average molecular weight is 573 g/mol. The van der Waals surface area contributed by atoms with Crippen molar-refractivity contribution in [1.82, 2.24) is 9.55 Å². The largest absolute Gasteiger partial charge is 0.456 e. The second-order valence-electron chi connectivity index (χ2n) is 11.0. The lowest BCUT2D eigenvalue weighted by Crippen LogP contribution is -1.91. The van der Waals surface area contributed by atoms with Crippen molar-refractivity contribution in [2.45, 2.75) is 33.5 Å². The lowest BCUT2D eigenvalue weighted by atomic mass is 10.0. The van der Waals surface area contributed by atoms with E-state index in [0.29, 0.717) is 0 Å². The van der Waals surface area contributed by atoms with Crippen LogP contribution in [-0.2, 0) is 13.5 Å². The molecule has 0 aliphatic rings. The van der Waals surface area contributed by atoms with E-state index in [1.807, 2.05) is 18.2 Å². The lowest BCUT2D eigenvalue weighted by Gasteiger charge is -2.05. The molecule has 0 unspecified atom stereocenters. The van der Waals surface area contributed by atoms with Gasteiger partial charge < -0.3 is 14.0 Å². The molecular formula is C40H37BN2O. The zero-order chi connectivity index (χ0) is 30.6. The Bertz CT molecular complexity index is 2250. The number of hydrogen-bond acceptors (Lipinski definition) is 1. The fraction of sp³-hybridized carbons (Fsp3) is 0.150. The molecule has 2 radical (unpaired) electrons. The van der Waals surface area contributed by atoms with Crippen molar-refractivity contribution in [3.63, 3.8) is 0 Å². The first-order chi connectivity index (χ1) is 21.6. The molecule has 0 aliphatic carbocycles. The van der Waals surface area contributed by atoms with Crippen LogP contribution in [0.5, 0.6) is 0 Å². The summed E-state index contributed by atoms with van der Waals surface area (Å²) >= 11 is 0. The summed E-state index contributed by atoms with van der Waals surface area (Å²) in [6.07, 6.45) is 6.12. The van der Waals surface area contributed by atoms with Gasteiger partial charge in [0.1, 0.15) is 11.3 Å². The van der Waals surface area contributed by atoms with Crippen LogP contribution in [-0.4, -0.2) is 17.4 Å². The first-order valence-corrected chi connectivity index (χ1v) is 15.3. The zero-order valence-electron chi connectivity index (χ0n) is 25.9. The van der Waals surface area contributed by atoms with Crippen LogP contribution in [0.25, 0.3) is 60.7 Å². The number of aromatic amines is 1. The number of H-pyrrole nitrogens is 1. The van der Waals surface area contributed by atoms with E-state index in [0.717, 1.165) is 24.2 Å². The second kappa shape index (κ2) is 12.7. The molecule has 3 heterocycles. The summed E-state index contributed by atoms with van der Waals surface area (Å²) in [7, 11) is 6.65. The van der Waals surface area contributed by atoms with Crippen molar-refractivity contribution in [3.05, 3.63) is 138 Å². The first-order valence-electron chi connectivity index (χ1n) is 15.3. The molecular weight excluding hydrogens is 535 g/mol. The van der Waals surface area contributed by atoms with Gasteiger partial charge in [-0.1, -0.05) is 98.7 Å². The monoisotopic (exact) mass is 572 g/mol. The van der Waals surface area contributed by atoms with Crippen LogP contribution in [0.15, 0.2) is 120 Å². The van der Waals surface area contributed by atoms with Crippen LogP contribution in [0.1, 0.15) is 35.8 Å². The van der Waals surface area contributed by atoms with Crippen LogP contribution in [0.3, 0.4) is 0 Å². The summed E-state index contributed by atoms with van der Waals surface area (Å²) in [5.74, 6) is 0.980. The molecule has 3 nitrogen and oxygen atoms in total. The number of para-hydroxylation sites is 4. The van der Waals surface area contributed by atoms with Crippen LogP contribution < -0.4 is 0 Å². The standard InChI is InChI=1S/C26H20N2.C13H14O.CH3B/c1-28-24-12-5-3-9-20(24)22-16-17(13-14-25(22)28)15-18-7-6-10-21-19-8-2-4-11-23(19)27-26(18)21;1-3-4-8-12-10(2)11-7-5-6-9-13(11)14-12;1-2/h2-14,16,27H,15H2,1H3;4-9H,3H2,1-2H3;1H3/b;8-4-;. The number of nitrogens with one attached hydrogen (secondary N) is 1. The predicted molar refractivity (Wildman–Crippen MR) is 191 cm³/mol. The molecule has 0 saturated carbocycles. The number of furan rings is 1. The van der Waals surface area contributed by atoms with Gasteiger partial charge in [-0.05, 0) is 67.3 Å². The van der Waals surface area contributed by atoms with Gasteiger partial charge in [0, 0.05) is 56.1 Å². The number of allylic oxidation sites excluding steroid dienone is 1. The van der Waals surface area contributed by atoms with Gasteiger partial charge in [0.25, 0.3) is 0 Å². The van der Waals surface area contributed by atoms with Crippen LogP contribution in [0, 0.1) is 6.92 Å². The SMILES string of the molecule is CC/C=C\c1oc2ccccc2c1C.Cn1c2ccccc2c2cc(Cc3cccc4c3[nH]c3ccccc34)ccc21.[B]C. The van der Waals surface area contributed by atoms with Gasteiger partial charge in [-0.15, -0.1) is 0 Å². The van der Waals surface area contributed by atoms with E-state index in [4.69, 9.17) is 4.42 Å². The normalized spacial score (nSPS) is 11.4. The minimum Gasteiger partial charge on any atom is -0.456 e. The Hall–Kier alpha value is -4.96. The Morgan fingerprint density at radius 1 is 0.727 bits per heavy atom. The Labute approximate surface area is 260 Å². The van der Waals surface area contributed by atoms with Gasteiger partial charge in [-0.3, -0.25) is 0 Å². The van der Waals surface area contributed by atoms with Crippen molar-refractivity contribution in [2.75, 3.05) is 0 Å². The van der Waals surface area contributed by atoms with E-state index >= 15 is 0 Å². The maximum atomic E-state index is 5.71. The van der Waals surface area contributed by atoms with Gasteiger partial charge in [0.15, 0.2) is 0 Å². The number of aryl methyl sites for hydroxylation is 2. The zero-order valence-corrected chi connectivity index (χ0v) is 25.9. The van der Waals surface area contributed by atoms with Crippen molar-refractivity contribution < 1.29 is 4.42 Å². The smallest absolute Gasteiger partial charge is 0.135 e. The van der Waals surface area contributed by atoms with Gasteiger partial charge in [-0.2, -0.15) is 0 Å². The molecule has 0 spiro atoms. The average Bonchev–Trinajstić information content (AvgIpc) is 3.71. The molecule has 1 N–H and O–H groups in total. The first kappa shape index (κ1) is 29.1. The predicted octanol–water partition coefficient (Wildman–Crippen LogP) is 10.9. The number of benzene rings is 5. The third-order valence-electron chi connectivity index (χ3n) is 8.39. The second-order valence-corrected chi connectivity index (χ2v) is 11.0. The van der Waals surface area contributed by atoms with Crippen LogP contribution in [0.4, 0.5) is 0 Å². The summed E-state index contributed by atoms with van der Waals surface area (Å²) in [4.78, 5) is 3.63. The Kier molecular flexibility index (Phi) is 8.43. The van der Waals surface area contributed by atoms with E-state index in [1.54, 1.807) is 0 Å². The summed E-state index contributed by atoms with van der Waals surface area (Å²) in [5, 5.41) is 6.47. The van der Waals surface area contributed by atoms with E-state index in [2.05, 4.69) is 141 Å². The number of hydrogen-bond donors (Lipinski definition) is 1. The summed E-state index contributed by atoms with van der Waals surface area (Å²) in [6.45, 7) is 5.72. The van der Waals surface area contributed by atoms with E-state index in [9.17, 15) is 0 Å². The van der Waals surface area contributed by atoms with Crippen molar-refractivity contribution >= 4 is 68.5 Å². The summed E-state index contributed by atoms with van der Waals surface area (Å²) < 4.78 is 8.00. The molecule has 3 aromatic heterocycles. The molecule has 0 aliphatic heterocycles. The minimum absolute atomic E-state index is 0.920. The highest BCUT2D eigenvalue weighted by Gasteiger charge is 2.11. The topological polar surface area (TPSA) is 33.9 Å². The molecule has 8 rings (SSSR count). The molecule has 0 saturated heterocycles. The molecule has 8 aromatic rings. The quantitative estimate of drug-likeness (QED) is 0.209. The van der Waals surface area contributed by atoms with Crippen molar-refractivity contribution in [1.29, 1.82) is 0 Å². The molecule has 44 heavy (non-hydrogen) atoms. The number of rotatable bonds is 4. The highest BCUT2D eigenvalue weighted by molar-refractivity contribution is 6.09. The number of nitrogens with zero attached hydrogens (tertiary/aromatic N) is 1. The van der Waals surface area contributed by atoms with Crippen LogP contribution in [0.2, 0.25) is 6.82 Å². The molecule has 5 aromatic carbocycles. The lowest BCUT2D eigenvalue weighted by molar-refractivity contribution is 0.601. The number of aromatic nitrogens is 2. The highest BCUT2D eigenvalue weighted by atomic mass is 16.3. The third-order valence-corrected chi connectivity index (χ3v) is 8.39. The Morgan fingerprint density at radius 2 is 1.41 bits per heavy atom. The fourth-order valence-corrected chi connectivity index (χ4v) is 6.20. The molecule has 0 fully saturated rings. The minimum atomic E-state index is 0.920. The Morgan fingerprint density at radius 3 is 2.20 bits per heavy atom. The molecule has 0 amide bonds. The van der Waals surface area contributed by atoms with Crippen molar-refractivity contribution in [2.24, 2.45) is 7.05 Å². The van der Waals surface area contributed by atoms with E-state index in [-0.39, 0.29) is 0 Å². The van der Waals surface area contributed by atoms with Crippen LogP contribution >= 0.6 is 0 Å². The van der Waals surface area contributed by atoms with Crippen molar-refractivity contribution in [3.8, 4) is 0 Å². The fourth-order valence-electron chi connectivity index (χ4n) is 6.20. The molecule has 0 bridgehead atoms. The van der Waals surface area contributed by atoms with E-state index < -0.39 is 0 Å². The summed E-state index contributed by atoms with van der Waals surface area (Å²) in [6, 6.07) is 38.9. The van der Waals surface area contributed by atoms with E-state index in [1.165, 1.54) is 72.5 Å². The summed E-state index contributed by atoms with van der Waals surface area (Å²) in [5.41, 5.74) is 9.91. The number of fused-ring (bicyclic) bond motifs is 7. The van der Waals surface area contributed by atoms with Gasteiger partial charge in [0.2, 0.25) is 0 Å². The Balaban J connectivity index is 0.000000181. The molecule has 4 heteroatoms. The molecule has 216 valence electrons. The molecule has 0 atom stereocenters. The van der Waals surface area contributed by atoms with Gasteiger partial charge >= 0.3 is 0 Å². The highest BCUT2D eigenvalue weighted by Crippen LogP contribution is 2.32. The maximum absolute atomic E-state index is 5.71.